The van der Waals surface area contributed by atoms with Gasteiger partial charge in [-0.05, 0) is 18.9 Å². The Morgan fingerprint density at radius 1 is 1.55 bits per heavy atom. The summed E-state index contributed by atoms with van der Waals surface area (Å²) in [6.07, 6.45) is 7.69. The van der Waals surface area contributed by atoms with Crippen molar-refractivity contribution in [1.82, 2.24) is 9.38 Å². The first-order chi connectivity index (χ1) is 9.76. The fourth-order valence-corrected chi connectivity index (χ4v) is 1.89. The Hall–Kier alpha value is -1.88. The highest BCUT2D eigenvalue weighted by atomic mass is 19.1. The largest absolute Gasteiger partial charge is 0.489 e. The molecule has 0 aliphatic rings. The van der Waals surface area contributed by atoms with Gasteiger partial charge in [0, 0.05) is 30.6 Å². The van der Waals surface area contributed by atoms with E-state index in [9.17, 15) is 4.39 Å². The topological polar surface area (TPSA) is 52.5 Å². The van der Waals surface area contributed by atoms with Gasteiger partial charge in [-0.1, -0.05) is 13.3 Å². The van der Waals surface area contributed by atoms with E-state index in [2.05, 4.69) is 11.9 Å². The summed E-state index contributed by atoms with van der Waals surface area (Å²) in [5, 5.41) is 0. The maximum absolute atomic E-state index is 12.4. The standard InChI is InChI=1S/C15H20FN3O/c1-2-3-4-13-10-19-6-5-14(7-15(19)18-13)20-11-12(8-16)9-17/h5-8,10H,2-4,9,11,17H2,1H3/b12-8+. The average molecular weight is 277 g/mol. The highest BCUT2D eigenvalue weighted by Crippen LogP contribution is 2.16. The lowest BCUT2D eigenvalue weighted by Gasteiger charge is -2.07. The molecule has 5 heteroatoms. The van der Waals surface area contributed by atoms with Crippen molar-refractivity contribution in [3.63, 3.8) is 0 Å². The van der Waals surface area contributed by atoms with Crippen LogP contribution in [0.25, 0.3) is 5.65 Å². The summed E-state index contributed by atoms with van der Waals surface area (Å²) in [5.41, 5.74) is 7.73. The van der Waals surface area contributed by atoms with Crippen molar-refractivity contribution in [2.45, 2.75) is 26.2 Å². The van der Waals surface area contributed by atoms with Gasteiger partial charge in [-0.25, -0.2) is 9.37 Å². The van der Waals surface area contributed by atoms with E-state index in [4.69, 9.17) is 10.5 Å². The van der Waals surface area contributed by atoms with Crippen molar-refractivity contribution in [1.29, 1.82) is 0 Å². The molecule has 0 spiro atoms. The molecule has 0 fully saturated rings. The van der Waals surface area contributed by atoms with Crippen molar-refractivity contribution in [2.24, 2.45) is 5.73 Å². The maximum atomic E-state index is 12.4. The van der Waals surface area contributed by atoms with E-state index in [-0.39, 0.29) is 13.2 Å². The van der Waals surface area contributed by atoms with Gasteiger partial charge in [0.05, 0.1) is 12.0 Å². The molecule has 2 aromatic heterocycles. The number of hydrogen-bond donors (Lipinski definition) is 1. The average Bonchev–Trinajstić information content (AvgIpc) is 2.88. The Kier molecular flexibility index (Phi) is 5.12. The number of hydrogen-bond acceptors (Lipinski definition) is 3. The molecule has 0 saturated heterocycles. The molecule has 2 rings (SSSR count). The van der Waals surface area contributed by atoms with Crippen LogP contribution in [0.3, 0.4) is 0 Å². The fourth-order valence-electron chi connectivity index (χ4n) is 1.89. The zero-order valence-corrected chi connectivity index (χ0v) is 11.7. The number of aromatic nitrogens is 2. The number of nitrogens with two attached hydrogens (primary N) is 1. The van der Waals surface area contributed by atoms with Gasteiger partial charge in [0.15, 0.2) is 0 Å². The predicted octanol–water partition coefficient (Wildman–Crippen LogP) is 2.87. The van der Waals surface area contributed by atoms with Crippen LogP contribution >= 0.6 is 0 Å². The van der Waals surface area contributed by atoms with E-state index in [1.54, 1.807) is 0 Å². The third kappa shape index (κ3) is 3.57. The van der Waals surface area contributed by atoms with Crippen LogP contribution in [0.2, 0.25) is 0 Å². The number of imidazole rings is 1. The van der Waals surface area contributed by atoms with E-state index in [0.29, 0.717) is 17.7 Å². The van der Waals surface area contributed by atoms with Crippen LogP contribution in [0, 0.1) is 0 Å². The first-order valence-corrected chi connectivity index (χ1v) is 6.85. The Balaban J connectivity index is 2.08. The minimum absolute atomic E-state index is 0.156. The molecule has 0 amide bonds. The molecule has 2 N–H and O–H groups in total. The maximum Gasteiger partial charge on any atom is 0.140 e. The molecule has 0 aliphatic heterocycles. The van der Waals surface area contributed by atoms with Crippen LogP contribution in [0.4, 0.5) is 4.39 Å². The second-order valence-corrected chi connectivity index (χ2v) is 4.72. The van der Waals surface area contributed by atoms with Crippen molar-refractivity contribution >= 4 is 5.65 Å². The van der Waals surface area contributed by atoms with Crippen molar-refractivity contribution < 1.29 is 9.13 Å². The van der Waals surface area contributed by atoms with Crippen LogP contribution in [0.15, 0.2) is 36.4 Å². The predicted molar refractivity (Wildman–Crippen MR) is 77.5 cm³/mol. The number of aryl methyl sites for hydroxylation is 1. The lowest BCUT2D eigenvalue weighted by molar-refractivity contribution is 0.347. The van der Waals surface area contributed by atoms with Crippen molar-refractivity contribution in [3.8, 4) is 5.75 Å². The molecule has 0 aliphatic carbocycles. The molecule has 0 atom stereocenters. The van der Waals surface area contributed by atoms with Crippen LogP contribution in [-0.2, 0) is 6.42 Å². The van der Waals surface area contributed by atoms with Gasteiger partial charge >= 0.3 is 0 Å². The zero-order chi connectivity index (χ0) is 14.4. The summed E-state index contributed by atoms with van der Waals surface area (Å²) >= 11 is 0. The van der Waals surface area contributed by atoms with Crippen LogP contribution in [-0.4, -0.2) is 22.5 Å². The molecule has 2 aromatic rings. The highest BCUT2D eigenvalue weighted by molar-refractivity contribution is 5.45. The SMILES string of the molecule is CCCCc1cn2ccc(OC/C(=C/F)CN)cc2n1. The minimum atomic E-state index is 0.156. The highest BCUT2D eigenvalue weighted by Gasteiger charge is 2.04. The normalized spacial score (nSPS) is 12.1. The van der Waals surface area contributed by atoms with Gasteiger partial charge < -0.3 is 14.9 Å². The van der Waals surface area contributed by atoms with Gasteiger partial charge in [-0.3, -0.25) is 0 Å². The van der Waals surface area contributed by atoms with E-state index in [1.165, 1.54) is 0 Å². The molecule has 0 bridgehead atoms. The lowest BCUT2D eigenvalue weighted by atomic mass is 10.2. The number of pyridine rings is 1. The quantitative estimate of drug-likeness (QED) is 0.846. The Bertz CT molecular complexity index is 592. The molecule has 0 unspecified atom stereocenters. The molecule has 4 nitrogen and oxygen atoms in total. The van der Waals surface area contributed by atoms with Crippen molar-refractivity contribution in [2.75, 3.05) is 13.2 Å². The summed E-state index contributed by atoms with van der Waals surface area (Å²) in [4.78, 5) is 4.55. The van der Waals surface area contributed by atoms with E-state index in [1.807, 2.05) is 28.9 Å². The number of rotatable bonds is 7. The molecule has 2 heterocycles. The first-order valence-electron chi connectivity index (χ1n) is 6.85. The molecule has 20 heavy (non-hydrogen) atoms. The van der Waals surface area contributed by atoms with E-state index < -0.39 is 0 Å². The van der Waals surface area contributed by atoms with Gasteiger partial charge in [0.1, 0.15) is 18.0 Å². The van der Waals surface area contributed by atoms with E-state index in [0.717, 1.165) is 30.6 Å². The van der Waals surface area contributed by atoms with Crippen LogP contribution in [0.1, 0.15) is 25.5 Å². The summed E-state index contributed by atoms with van der Waals surface area (Å²) in [6.45, 7) is 2.48. The van der Waals surface area contributed by atoms with Gasteiger partial charge in [-0.15, -0.1) is 0 Å². The summed E-state index contributed by atoms with van der Waals surface area (Å²) in [7, 11) is 0. The Labute approximate surface area is 118 Å². The number of halogens is 1. The third-order valence-electron chi connectivity index (χ3n) is 3.11. The van der Waals surface area contributed by atoms with Crippen LogP contribution < -0.4 is 10.5 Å². The van der Waals surface area contributed by atoms with Gasteiger partial charge in [-0.2, -0.15) is 0 Å². The molecule has 0 saturated carbocycles. The Morgan fingerprint density at radius 3 is 3.10 bits per heavy atom. The minimum Gasteiger partial charge on any atom is -0.489 e. The molecular weight excluding hydrogens is 257 g/mol. The van der Waals surface area contributed by atoms with Crippen molar-refractivity contribution in [3.05, 3.63) is 42.1 Å². The molecule has 0 radical (unpaired) electrons. The number of unbranched alkanes of at least 4 members (excludes halogenated alkanes) is 1. The summed E-state index contributed by atoms with van der Waals surface area (Å²) in [5.74, 6) is 0.665. The fraction of sp³-hybridized carbons (Fsp3) is 0.400. The Morgan fingerprint density at radius 2 is 2.40 bits per heavy atom. The van der Waals surface area contributed by atoms with Gasteiger partial charge in [0.2, 0.25) is 0 Å². The molecule has 0 aromatic carbocycles. The summed E-state index contributed by atoms with van der Waals surface area (Å²) < 4.78 is 19.9. The molecule has 108 valence electrons. The van der Waals surface area contributed by atoms with Gasteiger partial charge in [0.25, 0.3) is 0 Å². The number of nitrogens with zero attached hydrogens (tertiary/aromatic N) is 2. The summed E-state index contributed by atoms with van der Waals surface area (Å²) in [6, 6.07) is 3.69. The smallest absolute Gasteiger partial charge is 0.140 e. The third-order valence-corrected chi connectivity index (χ3v) is 3.11. The molecular formula is C15H20FN3O. The van der Waals surface area contributed by atoms with Crippen LogP contribution in [0.5, 0.6) is 5.75 Å². The number of ether oxygens (including phenoxy) is 1. The lowest BCUT2D eigenvalue weighted by Crippen LogP contribution is -2.10. The van der Waals surface area contributed by atoms with E-state index >= 15 is 0 Å². The zero-order valence-electron chi connectivity index (χ0n) is 11.7. The second-order valence-electron chi connectivity index (χ2n) is 4.72. The number of fused-ring (bicyclic) bond motifs is 1. The monoisotopic (exact) mass is 277 g/mol. The second kappa shape index (κ2) is 7.05. The first kappa shape index (κ1) is 14.5.